The van der Waals surface area contributed by atoms with Gasteiger partial charge in [-0.1, -0.05) is 18.2 Å². The van der Waals surface area contributed by atoms with Crippen molar-refractivity contribution >= 4 is 5.65 Å². The summed E-state index contributed by atoms with van der Waals surface area (Å²) in [7, 11) is 0. The molecule has 0 spiro atoms. The Kier molecular flexibility index (Phi) is 3.00. The van der Waals surface area contributed by atoms with Crippen LogP contribution in [0.5, 0.6) is 0 Å². The van der Waals surface area contributed by atoms with Crippen molar-refractivity contribution in [2.24, 2.45) is 0 Å². The van der Waals surface area contributed by atoms with Crippen molar-refractivity contribution in [3.63, 3.8) is 0 Å². The number of hydrogen-bond acceptors (Lipinski definition) is 3. The number of rotatable bonds is 3. The van der Waals surface area contributed by atoms with E-state index in [0.717, 1.165) is 28.4 Å². The van der Waals surface area contributed by atoms with Crippen LogP contribution in [0, 0.1) is 0 Å². The fraction of sp³-hybridized carbons (Fsp3) is 0. The monoisotopic (exact) mass is 326 g/mol. The molecule has 120 valence electrons. The van der Waals surface area contributed by atoms with E-state index in [4.69, 9.17) is 4.98 Å². The summed E-state index contributed by atoms with van der Waals surface area (Å²) in [4.78, 5) is 13.0. The number of aromatic nitrogens is 6. The van der Waals surface area contributed by atoms with E-state index in [1.807, 2.05) is 39.7 Å². The topological polar surface area (TPSA) is 52.9 Å². The molecule has 6 heteroatoms. The first-order chi connectivity index (χ1) is 12.4. The number of benzene rings is 1. The maximum absolute atomic E-state index is 4.76. The van der Waals surface area contributed by atoms with Gasteiger partial charge in [-0.2, -0.15) is 0 Å². The van der Waals surface area contributed by atoms with Gasteiger partial charge in [0.15, 0.2) is 0 Å². The summed E-state index contributed by atoms with van der Waals surface area (Å²) in [6.07, 6.45) is 13.0. The van der Waals surface area contributed by atoms with Gasteiger partial charge in [-0.05, 0) is 24.3 Å². The quantitative estimate of drug-likeness (QED) is 0.511. The summed E-state index contributed by atoms with van der Waals surface area (Å²) in [5.74, 6) is 1.00. The second kappa shape index (κ2) is 5.45. The molecule has 0 saturated carbocycles. The van der Waals surface area contributed by atoms with Crippen LogP contribution in [0.25, 0.3) is 28.4 Å². The SMILES string of the molecule is c1cc(-n2ccnc2)n2cc(-c3ccc(-n4ccnc4)cc3)nc2c1. The van der Waals surface area contributed by atoms with Crippen LogP contribution in [0.3, 0.4) is 0 Å². The molecule has 0 aliphatic heterocycles. The molecule has 0 aliphatic carbocycles. The molecular weight excluding hydrogens is 312 g/mol. The van der Waals surface area contributed by atoms with Crippen molar-refractivity contribution in [1.82, 2.24) is 28.5 Å². The summed E-state index contributed by atoms with van der Waals surface area (Å²) in [6, 6.07) is 14.3. The first kappa shape index (κ1) is 13.7. The predicted molar refractivity (Wildman–Crippen MR) is 94.9 cm³/mol. The van der Waals surface area contributed by atoms with Gasteiger partial charge in [0.2, 0.25) is 0 Å². The molecule has 25 heavy (non-hydrogen) atoms. The summed E-state index contributed by atoms with van der Waals surface area (Å²) >= 11 is 0. The van der Waals surface area contributed by atoms with Crippen molar-refractivity contribution in [2.45, 2.75) is 0 Å². The van der Waals surface area contributed by atoms with E-state index < -0.39 is 0 Å². The average Bonchev–Trinajstić information content (AvgIpc) is 3.42. The van der Waals surface area contributed by atoms with Gasteiger partial charge in [0.1, 0.15) is 17.8 Å². The van der Waals surface area contributed by atoms with Crippen molar-refractivity contribution in [1.29, 1.82) is 0 Å². The summed E-state index contributed by atoms with van der Waals surface area (Å²) in [5, 5.41) is 0. The summed E-state index contributed by atoms with van der Waals surface area (Å²) < 4.78 is 6.02. The summed E-state index contributed by atoms with van der Waals surface area (Å²) in [6.45, 7) is 0. The molecule has 0 amide bonds. The maximum atomic E-state index is 4.76. The second-order valence-corrected chi connectivity index (χ2v) is 5.73. The molecule has 0 aliphatic rings. The van der Waals surface area contributed by atoms with Crippen LogP contribution in [-0.4, -0.2) is 28.5 Å². The molecule has 0 saturated heterocycles. The zero-order valence-electron chi connectivity index (χ0n) is 13.3. The van der Waals surface area contributed by atoms with Gasteiger partial charge >= 0.3 is 0 Å². The molecular formula is C19H14N6. The minimum absolute atomic E-state index is 0.903. The van der Waals surface area contributed by atoms with Crippen LogP contribution in [-0.2, 0) is 0 Å². The Balaban J connectivity index is 1.58. The van der Waals surface area contributed by atoms with Crippen LogP contribution in [0.2, 0.25) is 0 Å². The first-order valence-electron chi connectivity index (χ1n) is 7.94. The highest BCUT2D eigenvalue weighted by molar-refractivity contribution is 5.64. The minimum atomic E-state index is 0.903. The number of nitrogens with zero attached hydrogens (tertiary/aromatic N) is 6. The average molecular weight is 326 g/mol. The first-order valence-corrected chi connectivity index (χ1v) is 7.94. The largest absolute Gasteiger partial charge is 0.306 e. The molecule has 0 bridgehead atoms. The Morgan fingerprint density at radius 1 is 0.760 bits per heavy atom. The maximum Gasteiger partial charge on any atom is 0.139 e. The molecule has 4 heterocycles. The molecule has 0 N–H and O–H groups in total. The molecule has 6 nitrogen and oxygen atoms in total. The van der Waals surface area contributed by atoms with E-state index in [1.54, 1.807) is 25.0 Å². The number of imidazole rings is 3. The third-order valence-corrected chi connectivity index (χ3v) is 4.21. The molecule has 0 radical (unpaired) electrons. The van der Waals surface area contributed by atoms with E-state index >= 15 is 0 Å². The molecule has 0 unspecified atom stereocenters. The van der Waals surface area contributed by atoms with Crippen LogP contribution in [0.1, 0.15) is 0 Å². The lowest BCUT2D eigenvalue weighted by molar-refractivity contribution is 0.956. The standard InChI is InChI=1S/C19H14N6/c1-2-18-22-17(12-25(18)19(3-1)24-11-9-21-14-24)15-4-6-16(7-5-15)23-10-8-20-13-23/h1-14H. The third-order valence-electron chi connectivity index (χ3n) is 4.21. The van der Waals surface area contributed by atoms with Gasteiger partial charge in [-0.3, -0.25) is 8.97 Å². The fourth-order valence-electron chi connectivity index (χ4n) is 2.96. The Bertz CT molecular complexity index is 1120. The molecule has 5 aromatic rings. The zero-order chi connectivity index (χ0) is 16.6. The molecule has 1 aromatic carbocycles. The molecule has 0 atom stereocenters. The molecule has 0 fully saturated rings. The number of fused-ring (bicyclic) bond motifs is 1. The predicted octanol–water partition coefficient (Wildman–Crippen LogP) is 3.37. The van der Waals surface area contributed by atoms with Gasteiger partial charge in [-0.25, -0.2) is 15.0 Å². The van der Waals surface area contributed by atoms with Crippen molar-refractivity contribution in [3.8, 4) is 22.8 Å². The van der Waals surface area contributed by atoms with Gasteiger partial charge in [0.25, 0.3) is 0 Å². The van der Waals surface area contributed by atoms with Crippen molar-refractivity contribution < 1.29 is 0 Å². The van der Waals surface area contributed by atoms with Gasteiger partial charge < -0.3 is 4.57 Å². The Morgan fingerprint density at radius 3 is 2.24 bits per heavy atom. The smallest absolute Gasteiger partial charge is 0.139 e. The molecule has 5 rings (SSSR count). The van der Waals surface area contributed by atoms with Crippen molar-refractivity contribution in [2.75, 3.05) is 0 Å². The Hall–Kier alpha value is -3.67. The fourth-order valence-corrected chi connectivity index (χ4v) is 2.96. The van der Waals surface area contributed by atoms with Crippen molar-refractivity contribution in [3.05, 3.63) is 86.1 Å². The van der Waals surface area contributed by atoms with E-state index in [0.29, 0.717) is 0 Å². The van der Waals surface area contributed by atoms with E-state index in [-0.39, 0.29) is 0 Å². The lowest BCUT2D eigenvalue weighted by atomic mass is 10.1. The van der Waals surface area contributed by atoms with E-state index in [9.17, 15) is 0 Å². The lowest BCUT2D eigenvalue weighted by Gasteiger charge is -2.04. The van der Waals surface area contributed by atoms with Gasteiger partial charge in [-0.15, -0.1) is 0 Å². The van der Waals surface area contributed by atoms with Crippen LogP contribution < -0.4 is 0 Å². The highest BCUT2D eigenvalue weighted by Crippen LogP contribution is 2.22. The van der Waals surface area contributed by atoms with Gasteiger partial charge in [0, 0.05) is 42.2 Å². The summed E-state index contributed by atoms with van der Waals surface area (Å²) in [5.41, 5.74) is 3.98. The Morgan fingerprint density at radius 2 is 1.52 bits per heavy atom. The molecule has 4 aromatic heterocycles. The van der Waals surface area contributed by atoms with Crippen LogP contribution in [0.15, 0.2) is 86.1 Å². The van der Waals surface area contributed by atoms with E-state index in [1.165, 1.54) is 0 Å². The normalized spacial score (nSPS) is 11.2. The Labute approximate surface area is 143 Å². The number of pyridine rings is 1. The second-order valence-electron chi connectivity index (χ2n) is 5.73. The zero-order valence-corrected chi connectivity index (χ0v) is 13.3. The highest BCUT2D eigenvalue weighted by Gasteiger charge is 2.08. The van der Waals surface area contributed by atoms with E-state index in [2.05, 4.69) is 44.8 Å². The number of hydrogen-bond donors (Lipinski definition) is 0. The highest BCUT2D eigenvalue weighted by atomic mass is 15.2. The van der Waals surface area contributed by atoms with Crippen LogP contribution >= 0.6 is 0 Å². The third kappa shape index (κ3) is 2.31. The van der Waals surface area contributed by atoms with Crippen LogP contribution in [0.4, 0.5) is 0 Å². The lowest BCUT2D eigenvalue weighted by Crippen LogP contribution is -1.98. The minimum Gasteiger partial charge on any atom is -0.306 e. The van der Waals surface area contributed by atoms with Gasteiger partial charge in [0.05, 0.1) is 12.0 Å².